The molecule has 14 heteroatoms. The third-order valence-corrected chi connectivity index (χ3v) is 9.15. The number of alkyl halides is 2. The Morgan fingerprint density at radius 3 is 2.65 bits per heavy atom. The summed E-state index contributed by atoms with van der Waals surface area (Å²) in [5.74, 6) is -7.37. The zero-order chi connectivity index (χ0) is 29.0. The Kier molecular flexibility index (Phi) is 7.40. The Bertz CT molecular complexity index is 1510. The molecule has 4 fully saturated rings. The number of rotatable bonds is 7. The van der Waals surface area contributed by atoms with Crippen molar-refractivity contribution >= 4 is 50.1 Å². The third-order valence-electron chi connectivity index (χ3n) is 7.99. The third kappa shape index (κ3) is 5.32. The van der Waals surface area contributed by atoms with Gasteiger partial charge in [0.2, 0.25) is 26.8 Å². The van der Waals surface area contributed by atoms with Gasteiger partial charge >= 0.3 is 0 Å². The monoisotopic (exact) mass is 600 g/mol. The van der Waals surface area contributed by atoms with Crippen LogP contribution in [0.4, 0.5) is 13.2 Å². The number of piperidine rings is 2. The molecule has 0 unspecified atom stereocenters. The van der Waals surface area contributed by atoms with Crippen LogP contribution >= 0.6 is 11.6 Å². The average molecular weight is 601 g/mol. The van der Waals surface area contributed by atoms with Crippen molar-refractivity contribution in [3.8, 4) is 0 Å². The van der Waals surface area contributed by atoms with E-state index in [2.05, 4.69) is 15.6 Å². The molecule has 5 atom stereocenters. The SMILES string of the molecule is CS(=O)(=O)/C(F)=C\[C@@H](C[C@@H]1CCNC1=O)NC(=O)[C@H]1[C@@H]2CC[C@@H](CC2(F)F)N1C(=O)c1cc2cccc(Cl)c2[nH]1. The Hall–Kier alpha value is -3.06. The van der Waals surface area contributed by atoms with E-state index in [0.29, 0.717) is 41.2 Å². The molecular weight excluding hydrogens is 573 g/mol. The Balaban J connectivity index is 1.48. The van der Waals surface area contributed by atoms with Gasteiger partial charge < -0.3 is 20.5 Å². The Morgan fingerprint density at radius 1 is 1.27 bits per heavy atom. The summed E-state index contributed by atoms with van der Waals surface area (Å²) in [7, 11) is -4.27. The van der Waals surface area contributed by atoms with Crippen molar-refractivity contribution in [1.29, 1.82) is 0 Å². The Morgan fingerprint density at radius 2 is 2.02 bits per heavy atom. The van der Waals surface area contributed by atoms with Crippen LogP contribution in [-0.2, 0) is 19.4 Å². The summed E-state index contributed by atoms with van der Waals surface area (Å²) in [6.45, 7) is 0.359. The predicted octanol–water partition coefficient (Wildman–Crippen LogP) is 3.32. The van der Waals surface area contributed by atoms with Crippen molar-refractivity contribution in [1.82, 2.24) is 20.5 Å². The number of halogens is 4. The molecule has 2 bridgehead atoms. The molecule has 1 aromatic carbocycles. The molecular formula is C26H28ClF3N4O5S. The van der Waals surface area contributed by atoms with E-state index in [1.165, 1.54) is 6.07 Å². The maximum atomic E-state index is 15.1. The fourth-order valence-electron chi connectivity index (χ4n) is 6.07. The fraction of sp³-hybridized carbons (Fsp3) is 0.500. The van der Waals surface area contributed by atoms with E-state index < -0.39 is 69.1 Å². The van der Waals surface area contributed by atoms with Gasteiger partial charge in [0, 0.05) is 36.6 Å². The molecule has 216 valence electrons. The molecule has 40 heavy (non-hydrogen) atoms. The van der Waals surface area contributed by atoms with Crippen LogP contribution in [0.1, 0.15) is 42.6 Å². The normalized spacial score (nSPS) is 27.1. The van der Waals surface area contributed by atoms with Crippen LogP contribution in [0.25, 0.3) is 10.9 Å². The number of para-hydroxylation sites is 1. The van der Waals surface area contributed by atoms with Crippen LogP contribution in [0, 0.1) is 11.8 Å². The number of nitrogens with one attached hydrogen (secondary N) is 3. The summed E-state index contributed by atoms with van der Waals surface area (Å²) in [5, 5.41) is 4.55. The van der Waals surface area contributed by atoms with Crippen LogP contribution in [0.15, 0.2) is 35.5 Å². The van der Waals surface area contributed by atoms with Crippen LogP contribution in [0.2, 0.25) is 5.02 Å². The second kappa shape index (κ2) is 10.4. The van der Waals surface area contributed by atoms with Crippen molar-refractivity contribution in [3.63, 3.8) is 0 Å². The molecule has 0 spiro atoms. The minimum absolute atomic E-state index is 0.0126. The average Bonchev–Trinajstić information content (AvgIpc) is 3.49. The van der Waals surface area contributed by atoms with Gasteiger partial charge in [0.15, 0.2) is 0 Å². The van der Waals surface area contributed by atoms with Crippen LogP contribution in [0.5, 0.6) is 0 Å². The molecule has 3 N–H and O–H groups in total. The van der Waals surface area contributed by atoms with E-state index in [0.717, 1.165) is 4.90 Å². The highest BCUT2D eigenvalue weighted by Gasteiger charge is 2.60. The predicted molar refractivity (Wildman–Crippen MR) is 141 cm³/mol. The first-order chi connectivity index (χ1) is 18.8. The number of aromatic amines is 1. The van der Waals surface area contributed by atoms with Gasteiger partial charge in [0.25, 0.3) is 11.8 Å². The lowest BCUT2D eigenvalue weighted by atomic mass is 9.71. The zero-order valence-electron chi connectivity index (χ0n) is 21.4. The first-order valence-electron chi connectivity index (χ1n) is 12.9. The van der Waals surface area contributed by atoms with E-state index in [1.807, 2.05) is 0 Å². The first kappa shape index (κ1) is 28.5. The topological polar surface area (TPSA) is 128 Å². The van der Waals surface area contributed by atoms with Gasteiger partial charge in [0.1, 0.15) is 11.7 Å². The second-order valence-electron chi connectivity index (χ2n) is 10.7. The highest BCUT2D eigenvalue weighted by atomic mass is 35.5. The summed E-state index contributed by atoms with van der Waals surface area (Å²) < 4.78 is 68.2. The number of carbonyl (C=O) groups excluding carboxylic acids is 3. The number of carbonyl (C=O) groups is 3. The highest BCUT2D eigenvalue weighted by molar-refractivity contribution is 7.94. The molecule has 1 saturated carbocycles. The molecule has 3 aliphatic heterocycles. The summed E-state index contributed by atoms with van der Waals surface area (Å²) >= 11 is 6.22. The molecule has 4 aliphatic rings. The van der Waals surface area contributed by atoms with Crippen molar-refractivity contribution in [2.45, 2.75) is 56.2 Å². The maximum absolute atomic E-state index is 15.1. The zero-order valence-corrected chi connectivity index (χ0v) is 23.0. The summed E-state index contributed by atoms with van der Waals surface area (Å²) in [4.78, 5) is 43.6. The lowest BCUT2D eigenvalue weighted by Gasteiger charge is -2.53. The molecule has 1 aromatic heterocycles. The maximum Gasteiger partial charge on any atom is 0.271 e. The summed E-state index contributed by atoms with van der Waals surface area (Å²) in [6, 6.07) is 2.74. The number of fused-ring (bicyclic) bond motifs is 4. The van der Waals surface area contributed by atoms with E-state index in [4.69, 9.17) is 11.6 Å². The quantitative estimate of drug-likeness (QED) is 0.449. The van der Waals surface area contributed by atoms with Crippen molar-refractivity contribution in [3.05, 3.63) is 46.2 Å². The van der Waals surface area contributed by atoms with Crippen molar-refractivity contribution in [2.24, 2.45) is 11.8 Å². The van der Waals surface area contributed by atoms with Crippen molar-refractivity contribution < 1.29 is 36.0 Å². The first-order valence-corrected chi connectivity index (χ1v) is 15.2. The Labute approximate surface area is 233 Å². The van der Waals surface area contributed by atoms with Gasteiger partial charge in [-0.3, -0.25) is 14.4 Å². The molecule has 6 rings (SSSR count). The molecule has 9 nitrogen and oxygen atoms in total. The molecule has 1 aliphatic carbocycles. The standard InChI is InChI=1S/C26H28ClF3N4O5S/c1-40(38,39)20(28)11-15(9-14-7-8-31-23(14)35)32-24(36)22-17-6-5-16(12-26(17,29)30)34(22)25(37)19-10-13-3-2-4-18(27)21(13)33-19/h2-4,10-11,14-17,22,33H,5-9,12H2,1H3,(H,31,35)(H,32,36)/b20-11-/t14-,15+,16-,17-,22+/m0/s1. The smallest absolute Gasteiger partial charge is 0.271 e. The van der Waals surface area contributed by atoms with Crippen LogP contribution in [-0.4, -0.2) is 72.9 Å². The summed E-state index contributed by atoms with van der Waals surface area (Å²) in [6.07, 6.45) is 1.19. The van der Waals surface area contributed by atoms with Gasteiger partial charge in [-0.05, 0) is 43.9 Å². The number of nitrogens with zero attached hydrogens (tertiary/aromatic N) is 1. The van der Waals surface area contributed by atoms with Gasteiger partial charge in [-0.25, -0.2) is 17.2 Å². The second-order valence-corrected chi connectivity index (χ2v) is 13.1. The number of aromatic nitrogens is 1. The van der Waals surface area contributed by atoms with Gasteiger partial charge in [0.05, 0.1) is 22.5 Å². The van der Waals surface area contributed by atoms with Crippen molar-refractivity contribution in [2.75, 3.05) is 12.8 Å². The van der Waals surface area contributed by atoms with E-state index >= 15 is 8.78 Å². The van der Waals surface area contributed by atoms with E-state index in [-0.39, 0.29) is 30.9 Å². The molecule has 3 amide bonds. The lowest BCUT2D eigenvalue weighted by Crippen LogP contribution is -2.68. The number of hydrogen-bond donors (Lipinski definition) is 3. The van der Waals surface area contributed by atoms with Crippen LogP contribution < -0.4 is 10.6 Å². The minimum Gasteiger partial charge on any atom is -0.356 e. The number of H-pyrrole nitrogens is 1. The largest absolute Gasteiger partial charge is 0.356 e. The van der Waals surface area contributed by atoms with Gasteiger partial charge in [-0.15, -0.1) is 0 Å². The number of amides is 3. The van der Waals surface area contributed by atoms with E-state index in [1.54, 1.807) is 18.2 Å². The van der Waals surface area contributed by atoms with E-state index in [9.17, 15) is 27.2 Å². The number of hydrogen-bond acceptors (Lipinski definition) is 5. The molecule has 0 radical (unpaired) electrons. The van der Waals surface area contributed by atoms with Gasteiger partial charge in [-0.1, -0.05) is 23.7 Å². The molecule has 2 aromatic rings. The minimum atomic E-state index is -4.27. The molecule has 3 saturated heterocycles. The fourth-order valence-corrected chi connectivity index (χ4v) is 6.71. The number of benzene rings is 1. The van der Waals surface area contributed by atoms with Crippen LogP contribution in [0.3, 0.4) is 0 Å². The summed E-state index contributed by atoms with van der Waals surface area (Å²) in [5.41, 5.74) is 0.552. The van der Waals surface area contributed by atoms with Gasteiger partial charge in [-0.2, -0.15) is 4.39 Å². The lowest BCUT2D eigenvalue weighted by molar-refractivity contribution is -0.179. The highest BCUT2D eigenvalue weighted by Crippen LogP contribution is 2.49. The number of sulfone groups is 1. The molecule has 4 heterocycles.